The third kappa shape index (κ3) is 5.59. The zero-order chi connectivity index (χ0) is 20.1. The SMILES string of the molecule is CC(C)(C)OC(=O)N(c1ccccc1)S(=O)(=O)c1ccc(C#CCBr)cc1. The Labute approximate surface area is 168 Å². The molecule has 0 heterocycles. The van der Waals surface area contributed by atoms with Crippen molar-refractivity contribution < 1.29 is 17.9 Å². The second-order valence-electron chi connectivity index (χ2n) is 6.55. The normalized spacial score (nSPS) is 11.3. The van der Waals surface area contributed by atoms with Gasteiger partial charge in [-0.05, 0) is 57.2 Å². The van der Waals surface area contributed by atoms with E-state index >= 15 is 0 Å². The van der Waals surface area contributed by atoms with E-state index in [1.807, 2.05) is 0 Å². The molecule has 0 aromatic heterocycles. The Bertz CT molecular complexity index is 953. The van der Waals surface area contributed by atoms with Crippen LogP contribution in [-0.2, 0) is 14.8 Å². The van der Waals surface area contributed by atoms with Gasteiger partial charge in [-0.25, -0.2) is 13.2 Å². The molecule has 0 N–H and O–H groups in total. The van der Waals surface area contributed by atoms with Crippen molar-refractivity contribution >= 4 is 37.7 Å². The van der Waals surface area contributed by atoms with Crippen LogP contribution in [0.15, 0.2) is 59.5 Å². The first-order valence-corrected chi connectivity index (χ1v) is 10.7. The molecular formula is C20H20BrNO4S. The van der Waals surface area contributed by atoms with Crippen LogP contribution in [-0.4, -0.2) is 25.4 Å². The number of rotatable bonds is 3. The Morgan fingerprint density at radius 2 is 1.67 bits per heavy atom. The van der Waals surface area contributed by atoms with Crippen LogP contribution >= 0.6 is 15.9 Å². The van der Waals surface area contributed by atoms with E-state index in [9.17, 15) is 13.2 Å². The third-order valence-corrected chi connectivity index (χ3v) is 5.23. The lowest BCUT2D eigenvalue weighted by Gasteiger charge is -2.27. The molecule has 0 unspecified atom stereocenters. The van der Waals surface area contributed by atoms with Gasteiger partial charge in [0.05, 0.1) is 15.9 Å². The maximum absolute atomic E-state index is 13.2. The molecule has 142 valence electrons. The molecule has 1 amide bonds. The maximum Gasteiger partial charge on any atom is 0.429 e. The average molecular weight is 450 g/mol. The number of nitrogens with zero attached hydrogens (tertiary/aromatic N) is 1. The monoisotopic (exact) mass is 449 g/mol. The molecule has 27 heavy (non-hydrogen) atoms. The van der Waals surface area contributed by atoms with Crippen LogP contribution in [0.3, 0.4) is 0 Å². The van der Waals surface area contributed by atoms with Crippen LogP contribution in [0.5, 0.6) is 0 Å². The van der Waals surface area contributed by atoms with Crippen LogP contribution in [0.2, 0.25) is 0 Å². The smallest absolute Gasteiger partial charge is 0.429 e. The van der Waals surface area contributed by atoms with Gasteiger partial charge in [0.2, 0.25) is 0 Å². The van der Waals surface area contributed by atoms with Crippen molar-refractivity contribution in [3.8, 4) is 11.8 Å². The number of anilines is 1. The van der Waals surface area contributed by atoms with Crippen LogP contribution in [0.25, 0.3) is 0 Å². The van der Waals surface area contributed by atoms with Gasteiger partial charge in [-0.15, -0.1) is 0 Å². The van der Waals surface area contributed by atoms with Gasteiger partial charge >= 0.3 is 6.09 Å². The van der Waals surface area contributed by atoms with Gasteiger partial charge in [-0.1, -0.05) is 46.0 Å². The highest BCUT2D eigenvalue weighted by Gasteiger charge is 2.34. The molecule has 0 aliphatic carbocycles. The summed E-state index contributed by atoms with van der Waals surface area (Å²) in [5.74, 6) is 5.74. The van der Waals surface area contributed by atoms with Crippen molar-refractivity contribution in [3.05, 3.63) is 60.2 Å². The number of halogens is 1. The van der Waals surface area contributed by atoms with E-state index in [-0.39, 0.29) is 10.6 Å². The van der Waals surface area contributed by atoms with E-state index in [1.54, 1.807) is 51.1 Å². The van der Waals surface area contributed by atoms with Crippen molar-refractivity contribution in [2.24, 2.45) is 0 Å². The summed E-state index contributed by atoms with van der Waals surface area (Å²) in [6.45, 7) is 5.04. The molecule has 0 saturated carbocycles. The summed E-state index contributed by atoms with van der Waals surface area (Å²) in [5, 5.41) is 0.521. The first-order valence-electron chi connectivity index (χ1n) is 8.13. The van der Waals surface area contributed by atoms with E-state index in [4.69, 9.17) is 4.74 Å². The van der Waals surface area contributed by atoms with E-state index < -0.39 is 21.7 Å². The van der Waals surface area contributed by atoms with Gasteiger partial charge in [0.25, 0.3) is 10.0 Å². The van der Waals surface area contributed by atoms with Crippen molar-refractivity contribution in [2.45, 2.75) is 31.3 Å². The Morgan fingerprint density at radius 1 is 1.07 bits per heavy atom. The first-order chi connectivity index (χ1) is 12.6. The zero-order valence-electron chi connectivity index (χ0n) is 15.3. The van der Waals surface area contributed by atoms with E-state index in [0.29, 0.717) is 15.2 Å². The minimum Gasteiger partial charge on any atom is -0.443 e. The van der Waals surface area contributed by atoms with Gasteiger partial charge < -0.3 is 4.74 Å². The van der Waals surface area contributed by atoms with Gasteiger partial charge in [-0.3, -0.25) is 0 Å². The summed E-state index contributed by atoms with van der Waals surface area (Å²) in [7, 11) is -4.16. The van der Waals surface area contributed by atoms with E-state index in [1.165, 1.54) is 24.3 Å². The van der Waals surface area contributed by atoms with Crippen LogP contribution in [0, 0.1) is 11.8 Å². The standard InChI is InChI=1S/C20H20BrNO4S/c1-20(2,3)26-19(23)22(17-9-5-4-6-10-17)27(24,25)18-13-11-16(12-14-18)8-7-15-21/h4-6,9-14H,15H2,1-3H3. The summed E-state index contributed by atoms with van der Waals surface area (Å²) in [6, 6.07) is 14.2. The lowest BCUT2D eigenvalue weighted by atomic mass is 10.2. The minimum atomic E-state index is -4.16. The number of alkyl halides is 1. The molecule has 0 fully saturated rings. The molecule has 0 bridgehead atoms. The van der Waals surface area contributed by atoms with Crippen molar-refractivity contribution in [1.29, 1.82) is 0 Å². The number of hydrogen-bond acceptors (Lipinski definition) is 4. The number of carbonyl (C=O) groups excluding carboxylic acids is 1. The van der Waals surface area contributed by atoms with Gasteiger partial charge in [-0.2, -0.15) is 4.31 Å². The Balaban J connectivity index is 2.49. The molecule has 7 heteroatoms. The molecule has 0 aliphatic heterocycles. The largest absolute Gasteiger partial charge is 0.443 e. The van der Waals surface area contributed by atoms with Crippen LogP contribution in [0.1, 0.15) is 26.3 Å². The molecule has 5 nitrogen and oxygen atoms in total. The summed E-state index contributed by atoms with van der Waals surface area (Å²) < 4.78 is 32.3. The zero-order valence-corrected chi connectivity index (χ0v) is 17.7. The number of benzene rings is 2. The lowest BCUT2D eigenvalue weighted by Crippen LogP contribution is -2.41. The fourth-order valence-corrected chi connectivity index (χ4v) is 3.62. The Hall–Kier alpha value is -2.30. The molecule has 2 rings (SSSR count). The molecule has 2 aromatic carbocycles. The highest BCUT2D eigenvalue weighted by atomic mass is 79.9. The van der Waals surface area contributed by atoms with Crippen molar-refractivity contribution in [1.82, 2.24) is 0 Å². The molecule has 0 atom stereocenters. The van der Waals surface area contributed by atoms with Gasteiger partial charge in [0.1, 0.15) is 5.60 Å². The minimum absolute atomic E-state index is 0.0263. The predicted octanol–water partition coefficient (Wildman–Crippen LogP) is 4.56. The molecular weight excluding hydrogens is 430 g/mol. The Morgan fingerprint density at radius 3 is 2.19 bits per heavy atom. The Kier molecular flexibility index (Phi) is 6.68. The highest BCUT2D eigenvalue weighted by molar-refractivity contribution is 9.09. The number of sulfonamides is 1. The molecule has 0 spiro atoms. The summed E-state index contributed by atoms with van der Waals surface area (Å²) >= 11 is 3.21. The number of carbonyl (C=O) groups is 1. The number of para-hydroxylation sites is 1. The molecule has 0 aliphatic rings. The second kappa shape index (κ2) is 8.59. The fourth-order valence-electron chi connectivity index (χ4n) is 2.16. The van der Waals surface area contributed by atoms with Crippen LogP contribution < -0.4 is 4.31 Å². The fraction of sp³-hybridized carbons (Fsp3) is 0.250. The second-order valence-corrected chi connectivity index (χ2v) is 8.89. The first kappa shape index (κ1) is 21.0. The molecule has 2 aromatic rings. The lowest BCUT2D eigenvalue weighted by molar-refractivity contribution is 0.0609. The molecule has 0 saturated heterocycles. The van der Waals surface area contributed by atoms with E-state index in [2.05, 4.69) is 27.8 Å². The average Bonchev–Trinajstić information content (AvgIpc) is 2.59. The van der Waals surface area contributed by atoms with Gasteiger partial charge in [0.15, 0.2) is 0 Å². The van der Waals surface area contributed by atoms with Gasteiger partial charge in [0, 0.05) is 5.56 Å². The van der Waals surface area contributed by atoms with Crippen molar-refractivity contribution in [3.63, 3.8) is 0 Å². The van der Waals surface area contributed by atoms with Crippen LogP contribution in [0.4, 0.5) is 10.5 Å². The number of amides is 1. The molecule has 0 radical (unpaired) electrons. The van der Waals surface area contributed by atoms with E-state index in [0.717, 1.165) is 0 Å². The summed E-state index contributed by atoms with van der Waals surface area (Å²) in [4.78, 5) is 12.7. The predicted molar refractivity (Wildman–Crippen MR) is 109 cm³/mol. The topological polar surface area (TPSA) is 63.7 Å². The van der Waals surface area contributed by atoms with Crippen molar-refractivity contribution in [2.75, 3.05) is 9.64 Å². The third-order valence-electron chi connectivity index (χ3n) is 3.24. The number of hydrogen-bond donors (Lipinski definition) is 0. The summed E-state index contributed by atoms with van der Waals surface area (Å²) in [6.07, 6.45) is -0.961. The quantitative estimate of drug-likeness (QED) is 0.508. The summed E-state index contributed by atoms with van der Waals surface area (Å²) in [5.41, 5.74) is 0.0428. The number of ether oxygens (including phenoxy) is 1. The highest BCUT2D eigenvalue weighted by Crippen LogP contribution is 2.26. The maximum atomic E-state index is 13.2.